The molecular formula is C17H21Cl2FN4O2. The number of nitrogens with zero attached hydrogens (tertiary/aromatic N) is 2. The minimum absolute atomic E-state index is 0. The van der Waals surface area contributed by atoms with Crippen LogP contribution in [-0.4, -0.2) is 40.4 Å². The van der Waals surface area contributed by atoms with Gasteiger partial charge in [0.1, 0.15) is 11.5 Å². The minimum atomic E-state index is -1.03. The van der Waals surface area contributed by atoms with Crippen molar-refractivity contribution in [3.8, 4) is 0 Å². The summed E-state index contributed by atoms with van der Waals surface area (Å²) in [7, 11) is 0. The number of piperidine rings is 1. The highest BCUT2D eigenvalue weighted by molar-refractivity contribution is 6.30. The van der Waals surface area contributed by atoms with Crippen LogP contribution in [0.15, 0.2) is 30.5 Å². The molecule has 3 N–H and O–H groups in total. The van der Waals surface area contributed by atoms with Crippen molar-refractivity contribution in [2.24, 2.45) is 0 Å². The number of amides is 1. The zero-order valence-electron chi connectivity index (χ0n) is 14.0. The number of benzene rings is 1. The Morgan fingerprint density at radius 2 is 2.31 bits per heavy atom. The molecule has 1 amide bonds. The Bertz CT molecular complexity index is 750. The molecule has 9 heteroatoms. The Morgan fingerprint density at radius 3 is 3.00 bits per heavy atom. The van der Waals surface area contributed by atoms with Crippen molar-refractivity contribution >= 4 is 29.9 Å². The standard InChI is InChI=1S/C17H20ClFN4O2.ClH/c18-13-4-3-11(8-14(13)19)16(24)10-21-17(25)15-5-7-23(22-15)12-2-1-6-20-9-12;/h3-5,7-8,12,16,20,24H,1-2,6,9-10H2,(H,21,25);1H. The van der Waals surface area contributed by atoms with Gasteiger partial charge in [0.2, 0.25) is 0 Å². The first-order valence-electron chi connectivity index (χ1n) is 8.21. The second-order valence-corrected chi connectivity index (χ2v) is 6.49. The van der Waals surface area contributed by atoms with Crippen molar-refractivity contribution < 1.29 is 14.3 Å². The van der Waals surface area contributed by atoms with E-state index in [1.807, 2.05) is 0 Å². The zero-order valence-corrected chi connectivity index (χ0v) is 15.6. The van der Waals surface area contributed by atoms with Crippen LogP contribution >= 0.6 is 24.0 Å². The molecule has 6 nitrogen and oxygen atoms in total. The van der Waals surface area contributed by atoms with E-state index in [1.54, 1.807) is 16.9 Å². The Hall–Kier alpha value is -1.67. The minimum Gasteiger partial charge on any atom is -0.387 e. The van der Waals surface area contributed by atoms with Gasteiger partial charge in [0.25, 0.3) is 5.91 Å². The molecule has 2 aromatic rings. The lowest BCUT2D eigenvalue weighted by Crippen LogP contribution is -2.32. The van der Waals surface area contributed by atoms with Crippen molar-refractivity contribution in [2.45, 2.75) is 25.0 Å². The number of hydrogen-bond donors (Lipinski definition) is 3. The summed E-state index contributed by atoms with van der Waals surface area (Å²) < 4.78 is 15.2. The fourth-order valence-corrected chi connectivity index (χ4v) is 2.96. The fraction of sp³-hybridized carbons (Fsp3) is 0.412. The number of aromatic nitrogens is 2. The van der Waals surface area contributed by atoms with Gasteiger partial charge in [-0.25, -0.2) is 4.39 Å². The third-order valence-corrected chi connectivity index (χ3v) is 4.58. The Kier molecular flexibility index (Phi) is 7.40. The lowest BCUT2D eigenvalue weighted by Gasteiger charge is -2.22. The van der Waals surface area contributed by atoms with Gasteiger partial charge in [-0.2, -0.15) is 5.10 Å². The summed E-state index contributed by atoms with van der Waals surface area (Å²) in [6.07, 6.45) is 2.87. The molecule has 1 fully saturated rings. The number of carbonyl (C=O) groups excluding carboxylic acids is 1. The highest BCUT2D eigenvalue weighted by Gasteiger charge is 2.18. The van der Waals surface area contributed by atoms with Crippen LogP contribution < -0.4 is 10.6 Å². The van der Waals surface area contributed by atoms with Gasteiger partial charge in [-0.05, 0) is 43.1 Å². The molecule has 0 saturated carbocycles. The molecule has 0 spiro atoms. The van der Waals surface area contributed by atoms with Gasteiger partial charge in [0.15, 0.2) is 0 Å². The SMILES string of the molecule is Cl.O=C(NCC(O)c1ccc(Cl)c(F)c1)c1ccn(C2CCCNC2)n1. The van der Waals surface area contributed by atoms with Gasteiger partial charge in [-0.3, -0.25) is 9.48 Å². The number of halogens is 3. The lowest BCUT2D eigenvalue weighted by atomic mass is 10.1. The van der Waals surface area contributed by atoms with Gasteiger partial charge in [-0.15, -0.1) is 12.4 Å². The summed E-state index contributed by atoms with van der Waals surface area (Å²) >= 11 is 5.62. The monoisotopic (exact) mass is 402 g/mol. The molecule has 1 aliphatic heterocycles. The first kappa shape index (κ1) is 20.6. The topological polar surface area (TPSA) is 79.2 Å². The molecule has 1 aromatic heterocycles. The van der Waals surface area contributed by atoms with Crippen LogP contribution in [0.1, 0.15) is 41.0 Å². The van der Waals surface area contributed by atoms with E-state index < -0.39 is 11.9 Å². The van der Waals surface area contributed by atoms with Crippen molar-refractivity contribution in [3.05, 3.63) is 52.6 Å². The quantitative estimate of drug-likeness (QED) is 0.717. The number of carbonyl (C=O) groups is 1. The van der Waals surface area contributed by atoms with Crippen molar-refractivity contribution in [3.63, 3.8) is 0 Å². The van der Waals surface area contributed by atoms with Crippen molar-refractivity contribution in [1.82, 2.24) is 20.4 Å². The molecule has 0 radical (unpaired) electrons. The van der Waals surface area contributed by atoms with Gasteiger partial charge in [-0.1, -0.05) is 17.7 Å². The fourth-order valence-electron chi connectivity index (χ4n) is 2.84. The predicted octanol–water partition coefficient (Wildman–Crippen LogP) is 2.49. The normalized spacial score (nSPS) is 18.0. The largest absolute Gasteiger partial charge is 0.387 e. The summed E-state index contributed by atoms with van der Waals surface area (Å²) in [5, 5.41) is 20.3. The summed E-state index contributed by atoms with van der Waals surface area (Å²) in [4.78, 5) is 12.2. The van der Waals surface area contributed by atoms with Crippen molar-refractivity contribution in [1.29, 1.82) is 0 Å². The van der Waals surface area contributed by atoms with Crippen LogP contribution in [-0.2, 0) is 0 Å². The number of hydrogen-bond acceptors (Lipinski definition) is 4. The number of aliphatic hydroxyl groups excluding tert-OH is 1. The Balaban J connectivity index is 0.00000243. The molecule has 0 bridgehead atoms. The first-order chi connectivity index (χ1) is 12.0. The molecule has 2 atom stereocenters. The van der Waals surface area contributed by atoms with E-state index in [9.17, 15) is 14.3 Å². The van der Waals surface area contributed by atoms with Crippen LogP contribution in [0.5, 0.6) is 0 Å². The molecule has 2 heterocycles. The predicted molar refractivity (Wildman–Crippen MR) is 99.3 cm³/mol. The summed E-state index contributed by atoms with van der Waals surface area (Å²) in [5.74, 6) is -0.986. The Labute approximate surface area is 162 Å². The van der Waals surface area contributed by atoms with Crippen LogP contribution in [0.4, 0.5) is 4.39 Å². The zero-order chi connectivity index (χ0) is 17.8. The van der Waals surface area contributed by atoms with Crippen LogP contribution in [0.2, 0.25) is 5.02 Å². The van der Waals surface area contributed by atoms with Crippen LogP contribution in [0, 0.1) is 5.82 Å². The van der Waals surface area contributed by atoms with Gasteiger partial charge in [0.05, 0.1) is 17.2 Å². The van der Waals surface area contributed by atoms with E-state index in [0.717, 1.165) is 32.0 Å². The maximum absolute atomic E-state index is 13.4. The molecule has 1 saturated heterocycles. The maximum Gasteiger partial charge on any atom is 0.271 e. The molecule has 3 rings (SSSR count). The van der Waals surface area contributed by atoms with E-state index in [4.69, 9.17) is 11.6 Å². The highest BCUT2D eigenvalue weighted by Crippen LogP contribution is 2.20. The molecule has 2 unspecified atom stereocenters. The van der Waals surface area contributed by atoms with Gasteiger partial charge < -0.3 is 15.7 Å². The Morgan fingerprint density at radius 1 is 1.50 bits per heavy atom. The smallest absolute Gasteiger partial charge is 0.271 e. The number of aliphatic hydroxyl groups is 1. The molecular weight excluding hydrogens is 382 g/mol. The molecule has 1 aliphatic rings. The van der Waals surface area contributed by atoms with E-state index in [-0.39, 0.29) is 35.9 Å². The average Bonchev–Trinajstić information content (AvgIpc) is 3.12. The summed E-state index contributed by atoms with van der Waals surface area (Å²) in [5.41, 5.74) is 0.640. The third-order valence-electron chi connectivity index (χ3n) is 4.27. The maximum atomic E-state index is 13.4. The summed E-state index contributed by atoms with van der Waals surface area (Å²) in [6.45, 7) is 1.80. The van der Waals surface area contributed by atoms with Gasteiger partial charge in [0, 0.05) is 19.3 Å². The van der Waals surface area contributed by atoms with E-state index >= 15 is 0 Å². The molecule has 26 heavy (non-hydrogen) atoms. The number of rotatable bonds is 5. The average molecular weight is 403 g/mol. The van der Waals surface area contributed by atoms with Gasteiger partial charge >= 0.3 is 0 Å². The van der Waals surface area contributed by atoms with Crippen molar-refractivity contribution in [2.75, 3.05) is 19.6 Å². The van der Waals surface area contributed by atoms with E-state index in [1.165, 1.54) is 12.1 Å². The second-order valence-electron chi connectivity index (χ2n) is 6.08. The molecule has 142 valence electrons. The molecule has 1 aromatic carbocycles. The van der Waals surface area contributed by atoms with Crippen LogP contribution in [0.25, 0.3) is 0 Å². The van der Waals surface area contributed by atoms with E-state index in [2.05, 4.69) is 15.7 Å². The second kappa shape index (κ2) is 9.32. The number of nitrogens with one attached hydrogen (secondary N) is 2. The third kappa shape index (κ3) is 4.94. The highest BCUT2D eigenvalue weighted by atomic mass is 35.5. The van der Waals surface area contributed by atoms with Crippen LogP contribution in [0.3, 0.4) is 0 Å². The first-order valence-corrected chi connectivity index (χ1v) is 8.59. The lowest BCUT2D eigenvalue weighted by molar-refractivity contribution is 0.0910. The summed E-state index contributed by atoms with van der Waals surface area (Å²) in [6, 6.07) is 5.95. The molecule has 0 aliphatic carbocycles. The van der Waals surface area contributed by atoms with E-state index in [0.29, 0.717) is 11.3 Å².